The van der Waals surface area contributed by atoms with Crippen molar-refractivity contribution in [1.82, 2.24) is 9.97 Å². The lowest BCUT2D eigenvalue weighted by atomic mass is 10.0. The van der Waals surface area contributed by atoms with E-state index in [1.165, 1.54) is 12.1 Å². The van der Waals surface area contributed by atoms with Gasteiger partial charge in [-0.05, 0) is 85.1 Å². The van der Waals surface area contributed by atoms with Crippen molar-refractivity contribution in [3.05, 3.63) is 84.9 Å². The van der Waals surface area contributed by atoms with Gasteiger partial charge in [-0.3, -0.25) is 13.8 Å². The average molecular weight is 527 g/mol. The van der Waals surface area contributed by atoms with E-state index >= 15 is 0 Å². The highest BCUT2D eigenvalue weighted by Crippen LogP contribution is 2.47. The summed E-state index contributed by atoms with van der Waals surface area (Å²) in [5, 5.41) is 0. The van der Waals surface area contributed by atoms with Gasteiger partial charge in [-0.15, -0.1) is 0 Å². The van der Waals surface area contributed by atoms with E-state index in [1.807, 2.05) is 42.5 Å². The van der Waals surface area contributed by atoms with Crippen molar-refractivity contribution in [2.45, 2.75) is 18.7 Å². The number of aromatic amines is 1. The van der Waals surface area contributed by atoms with E-state index in [-0.39, 0.29) is 30.9 Å². The molecule has 0 amide bonds. The van der Waals surface area contributed by atoms with Crippen LogP contribution in [0.5, 0.6) is 0 Å². The summed E-state index contributed by atoms with van der Waals surface area (Å²) in [6.45, 7) is 4.05. The van der Waals surface area contributed by atoms with Gasteiger partial charge in [-0.1, -0.05) is 12.1 Å². The van der Waals surface area contributed by atoms with Crippen LogP contribution in [0.3, 0.4) is 0 Å². The number of rotatable bonds is 11. The normalized spacial score (nSPS) is 12.5. The summed E-state index contributed by atoms with van der Waals surface area (Å²) >= 11 is 0. The number of hydrogen-bond acceptors (Lipinski definition) is 5. The monoisotopic (exact) mass is 526 g/mol. The van der Waals surface area contributed by atoms with Gasteiger partial charge >= 0.3 is 7.60 Å². The molecule has 0 bridgehead atoms. The quantitative estimate of drug-likeness (QED) is 0.215. The maximum absolute atomic E-state index is 13.5. The minimum Gasteiger partial charge on any atom is -0.354 e. The van der Waals surface area contributed by atoms with Crippen LogP contribution in [0, 0.1) is 5.82 Å². The lowest BCUT2D eigenvalue weighted by molar-refractivity contribution is 0.221. The Morgan fingerprint density at radius 2 is 1.50 bits per heavy atom. The first-order valence-corrected chi connectivity index (χ1v) is 14.7. The molecule has 0 fully saturated rings. The van der Waals surface area contributed by atoms with E-state index < -0.39 is 18.4 Å². The number of H-pyrrole nitrogens is 1. The molecule has 2 aromatic heterocycles. The van der Waals surface area contributed by atoms with Crippen molar-refractivity contribution in [2.75, 3.05) is 25.1 Å². The minimum atomic E-state index is -3.24. The van der Waals surface area contributed by atoms with E-state index in [0.717, 1.165) is 33.6 Å². The molecule has 1 N–H and O–H groups in total. The molecule has 2 heterocycles. The van der Waals surface area contributed by atoms with Gasteiger partial charge in [0.2, 0.25) is 0 Å². The molecule has 1 unspecified atom stereocenters. The SMILES string of the molecule is CCOP(=O)(CCS(=O)c1ccc(-c2cc(-c3ccncc3)c(-c3ccc(F)cc3)[nH]2)cc1)OCC. The molecule has 9 heteroatoms. The molecule has 2 aromatic carbocycles. The Morgan fingerprint density at radius 3 is 2.11 bits per heavy atom. The summed E-state index contributed by atoms with van der Waals surface area (Å²) in [7, 11) is -4.59. The van der Waals surface area contributed by atoms with Crippen molar-refractivity contribution < 1.29 is 22.2 Å². The van der Waals surface area contributed by atoms with Crippen molar-refractivity contribution in [3.8, 4) is 33.6 Å². The van der Waals surface area contributed by atoms with Crippen LogP contribution in [0.4, 0.5) is 4.39 Å². The Morgan fingerprint density at radius 1 is 0.889 bits per heavy atom. The summed E-state index contributed by atoms with van der Waals surface area (Å²) in [6, 6.07) is 19.7. The second-order valence-corrected chi connectivity index (χ2v) is 11.7. The molecular formula is C27H28FN2O4PS. The fourth-order valence-corrected chi connectivity index (χ4v) is 7.22. The third-order valence-corrected chi connectivity index (χ3v) is 9.32. The Bertz CT molecular complexity index is 1350. The smallest absolute Gasteiger partial charge is 0.331 e. The van der Waals surface area contributed by atoms with Crippen LogP contribution in [0.25, 0.3) is 33.6 Å². The van der Waals surface area contributed by atoms with E-state index in [1.54, 1.807) is 38.4 Å². The van der Waals surface area contributed by atoms with Crippen LogP contribution < -0.4 is 0 Å². The number of benzene rings is 2. The molecule has 36 heavy (non-hydrogen) atoms. The summed E-state index contributed by atoms with van der Waals surface area (Å²) in [5.41, 5.74) is 5.46. The summed E-state index contributed by atoms with van der Waals surface area (Å²) in [5.74, 6) is -0.113. The number of nitrogens with zero attached hydrogens (tertiary/aromatic N) is 1. The molecule has 0 spiro atoms. The zero-order valence-corrected chi connectivity index (χ0v) is 21.9. The van der Waals surface area contributed by atoms with Gasteiger partial charge in [0, 0.05) is 34.3 Å². The molecule has 1 atom stereocenters. The average Bonchev–Trinajstić information content (AvgIpc) is 3.34. The zero-order valence-electron chi connectivity index (χ0n) is 20.1. The topological polar surface area (TPSA) is 81.3 Å². The molecule has 4 aromatic rings. The Balaban J connectivity index is 1.58. The largest absolute Gasteiger partial charge is 0.354 e. The number of pyridine rings is 1. The zero-order chi connectivity index (χ0) is 25.5. The van der Waals surface area contributed by atoms with Crippen LogP contribution in [0.15, 0.2) is 84.0 Å². The first-order valence-electron chi connectivity index (χ1n) is 11.7. The molecule has 0 aliphatic rings. The highest BCUT2D eigenvalue weighted by atomic mass is 32.2. The summed E-state index contributed by atoms with van der Waals surface area (Å²) < 4.78 is 49.6. The van der Waals surface area contributed by atoms with Crippen LogP contribution in [-0.4, -0.2) is 39.3 Å². The predicted molar refractivity (Wildman–Crippen MR) is 142 cm³/mol. The first-order chi connectivity index (χ1) is 17.4. The summed E-state index contributed by atoms with van der Waals surface area (Å²) in [6.07, 6.45) is 3.56. The Hall–Kier alpha value is -2.90. The Kier molecular flexibility index (Phi) is 8.64. The molecule has 0 aliphatic carbocycles. The van der Waals surface area contributed by atoms with Gasteiger partial charge in [-0.2, -0.15) is 0 Å². The van der Waals surface area contributed by atoms with Crippen LogP contribution >= 0.6 is 7.60 Å². The number of nitrogens with one attached hydrogen (secondary N) is 1. The van der Waals surface area contributed by atoms with E-state index in [2.05, 4.69) is 9.97 Å². The van der Waals surface area contributed by atoms with Gasteiger partial charge in [0.05, 0.1) is 35.9 Å². The lowest BCUT2D eigenvalue weighted by Crippen LogP contribution is -2.08. The van der Waals surface area contributed by atoms with Crippen molar-refractivity contribution in [3.63, 3.8) is 0 Å². The molecule has 4 rings (SSSR count). The third-order valence-electron chi connectivity index (χ3n) is 5.57. The van der Waals surface area contributed by atoms with Crippen molar-refractivity contribution >= 4 is 18.4 Å². The second-order valence-electron chi connectivity index (χ2n) is 7.96. The van der Waals surface area contributed by atoms with Gasteiger partial charge in [0.25, 0.3) is 0 Å². The Labute approximate surface area is 212 Å². The molecule has 0 radical (unpaired) electrons. The molecular weight excluding hydrogens is 498 g/mol. The fourth-order valence-electron chi connectivity index (χ4n) is 3.87. The number of halogens is 1. The molecule has 188 valence electrons. The highest BCUT2D eigenvalue weighted by molar-refractivity contribution is 7.85. The molecule has 0 saturated heterocycles. The van der Waals surface area contributed by atoms with Crippen molar-refractivity contribution in [2.24, 2.45) is 0 Å². The van der Waals surface area contributed by atoms with Gasteiger partial charge in [0.15, 0.2) is 0 Å². The van der Waals surface area contributed by atoms with Gasteiger partial charge in [-0.25, -0.2) is 4.39 Å². The van der Waals surface area contributed by atoms with E-state index in [0.29, 0.717) is 4.90 Å². The highest BCUT2D eigenvalue weighted by Gasteiger charge is 2.24. The number of hydrogen-bond donors (Lipinski definition) is 1. The fraction of sp³-hybridized carbons (Fsp3) is 0.222. The maximum Gasteiger partial charge on any atom is 0.331 e. The standard InChI is InChI=1S/C27H28FN2O4PS/c1-3-33-35(31,34-4-2)17-18-36(32)24-11-7-21(8-12-24)26-19-25(20-13-15-29-16-14-20)27(30-26)22-5-9-23(28)10-6-22/h5-16,19,30H,3-4,17-18H2,1-2H3. The van der Waals surface area contributed by atoms with Gasteiger partial charge < -0.3 is 14.0 Å². The summed E-state index contributed by atoms with van der Waals surface area (Å²) in [4.78, 5) is 8.21. The van der Waals surface area contributed by atoms with Crippen molar-refractivity contribution in [1.29, 1.82) is 0 Å². The second kappa shape index (κ2) is 11.9. The maximum atomic E-state index is 13.5. The molecule has 0 aliphatic heterocycles. The van der Waals surface area contributed by atoms with Gasteiger partial charge in [0.1, 0.15) is 5.82 Å². The number of aromatic nitrogens is 2. The molecule has 0 saturated carbocycles. The molecule has 6 nitrogen and oxygen atoms in total. The minimum absolute atomic E-state index is 0.0932. The van der Waals surface area contributed by atoms with E-state index in [4.69, 9.17) is 9.05 Å². The van der Waals surface area contributed by atoms with Crippen LogP contribution in [0.2, 0.25) is 0 Å². The lowest BCUT2D eigenvalue weighted by Gasteiger charge is -2.16. The van der Waals surface area contributed by atoms with Crippen LogP contribution in [-0.2, 0) is 24.4 Å². The van der Waals surface area contributed by atoms with E-state index in [9.17, 15) is 13.2 Å². The predicted octanol–water partition coefficient (Wildman–Crippen LogP) is 6.92. The first kappa shape index (κ1) is 26.2. The van der Waals surface area contributed by atoms with Crippen LogP contribution in [0.1, 0.15) is 13.8 Å². The third kappa shape index (κ3) is 6.26.